The molecule has 1 atom stereocenters. The summed E-state index contributed by atoms with van der Waals surface area (Å²) < 4.78 is 8.19. The molecule has 1 aromatic rings. The van der Waals surface area contributed by atoms with Gasteiger partial charge in [-0.1, -0.05) is 18.1 Å². The minimum atomic E-state index is 0.154. The van der Waals surface area contributed by atoms with Crippen LogP contribution in [0.4, 0.5) is 0 Å². The van der Waals surface area contributed by atoms with Crippen molar-refractivity contribution in [2.24, 2.45) is 0 Å². The molecule has 1 aromatic heterocycles. The van der Waals surface area contributed by atoms with Crippen LogP contribution in [0.15, 0.2) is 6.20 Å². The van der Waals surface area contributed by atoms with Crippen LogP contribution in [0.5, 0.6) is 0 Å². The van der Waals surface area contributed by atoms with Crippen LogP contribution < -0.4 is 5.32 Å². The fourth-order valence-corrected chi connectivity index (χ4v) is 3.70. The third kappa shape index (κ3) is 2.61. The molecule has 1 saturated heterocycles. The first-order chi connectivity index (χ1) is 9.83. The molecule has 1 unspecified atom stereocenters. The van der Waals surface area contributed by atoms with Crippen molar-refractivity contribution in [3.63, 3.8) is 0 Å². The number of hydrogen-bond acceptors (Lipinski definition) is 4. The molecule has 1 N–H and O–H groups in total. The van der Waals surface area contributed by atoms with E-state index in [4.69, 9.17) is 4.74 Å². The maximum absolute atomic E-state index is 6.10. The van der Waals surface area contributed by atoms with Crippen LogP contribution in [0.2, 0.25) is 0 Å². The van der Waals surface area contributed by atoms with E-state index in [-0.39, 0.29) is 5.60 Å². The van der Waals surface area contributed by atoms with Gasteiger partial charge in [0.05, 0.1) is 23.5 Å². The predicted molar refractivity (Wildman–Crippen MR) is 75.3 cm³/mol. The van der Waals surface area contributed by atoms with E-state index < -0.39 is 0 Å². The Labute approximate surface area is 120 Å². The molecular weight excluding hydrogens is 252 g/mol. The van der Waals surface area contributed by atoms with Crippen molar-refractivity contribution in [3.8, 4) is 0 Å². The molecule has 2 heterocycles. The van der Waals surface area contributed by atoms with E-state index >= 15 is 0 Å². The Kier molecular flexibility index (Phi) is 3.27. The second-order valence-corrected chi connectivity index (χ2v) is 6.73. The van der Waals surface area contributed by atoms with E-state index in [1.807, 2.05) is 0 Å². The number of rotatable bonds is 4. The molecule has 110 valence electrons. The molecule has 5 heteroatoms. The van der Waals surface area contributed by atoms with Crippen molar-refractivity contribution in [1.82, 2.24) is 20.3 Å². The largest absolute Gasteiger partial charge is 0.375 e. The van der Waals surface area contributed by atoms with Crippen LogP contribution in [-0.2, 0) is 11.3 Å². The van der Waals surface area contributed by atoms with E-state index in [9.17, 15) is 0 Å². The van der Waals surface area contributed by atoms with Crippen LogP contribution in [0.25, 0.3) is 0 Å². The number of nitrogens with one attached hydrogen (secondary N) is 1. The first kappa shape index (κ1) is 12.8. The summed E-state index contributed by atoms with van der Waals surface area (Å²) in [6, 6.07) is 1.20. The Morgan fingerprint density at radius 2 is 2.15 bits per heavy atom. The maximum Gasteiger partial charge on any atom is 0.0965 e. The van der Waals surface area contributed by atoms with Gasteiger partial charge >= 0.3 is 0 Å². The minimum Gasteiger partial charge on any atom is -0.375 e. The lowest BCUT2D eigenvalue weighted by atomic mass is 9.89. The van der Waals surface area contributed by atoms with Crippen molar-refractivity contribution in [1.29, 1.82) is 0 Å². The van der Waals surface area contributed by atoms with Crippen molar-refractivity contribution in [2.45, 2.75) is 75.6 Å². The molecule has 0 amide bonds. The van der Waals surface area contributed by atoms with Gasteiger partial charge < -0.3 is 10.1 Å². The van der Waals surface area contributed by atoms with Crippen molar-refractivity contribution < 1.29 is 4.74 Å². The predicted octanol–water partition coefficient (Wildman–Crippen LogP) is 2.19. The lowest BCUT2D eigenvalue weighted by Crippen LogP contribution is -2.38. The SMILES string of the molecule is c1c(CNC2CC2)nnn1C1CCOC2(CCCC2)C1. The minimum absolute atomic E-state index is 0.154. The standard InChI is InChI=1S/C15H24N4O/c1-2-7-15(6-1)9-14(5-8-20-15)19-11-13(17-18-19)10-16-12-3-4-12/h11-12,14,16H,1-10H2. The third-order valence-electron chi connectivity index (χ3n) is 5.06. The van der Waals surface area contributed by atoms with Gasteiger partial charge in [-0.05, 0) is 38.5 Å². The Hall–Kier alpha value is -0.940. The monoisotopic (exact) mass is 276 g/mol. The van der Waals surface area contributed by atoms with Crippen LogP contribution >= 0.6 is 0 Å². The molecule has 5 nitrogen and oxygen atoms in total. The summed E-state index contributed by atoms with van der Waals surface area (Å²) in [6.45, 7) is 1.74. The van der Waals surface area contributed by atoms with Crippen LogP contribution in [-0.4, -0.2) is 33.2 Å². The quantitative estimate of drug-likeness (QED) is 0.916. The molecule has 2 saturated carbocycles. The molecule has 3 fully saturated rings. The zero-order chi connectivity index (χ0) is 13.4. The van der Waals surface area contributed by atoms with Gasteiger partial charge in [-0.2, -0.15) is 0 Å². The Balaban J connectivity index is 1.40. The summed E-state index contributed by atoms with van der Waals surface area (Å²) in [7, 11) is 0. The molecule has 2 aliphatic carbocycles. The Morgan fingerprint density at radius 3 is 2.95 bits per heavy atom. The van der Waals surface area contributed by atoms with E-state index in [1.165, 1.54) is 38.5 Å². The molecule has 0 aromatic carbocycles. The molecule has 0 bridgehead atoms. The molecule has 3 aliphatic rings. The van der Waals surface area contributed by atoms with E-state index in [0.29, 0.717) is 6.04 Å². The number of ether oxygens (including phenoxy) is 1. The second-order valence-electron chi connectivity index (χ2n) is 6.73. The summed E-state index contributed by atoms with van der Waals surface area (Å²) in [4.78, 5) is 0. The average Bonchev–Trinajstić information content (AvgIpc) is 3.00. The third-order valence-corrected chi connectivity index (χ3v) is 5.06. The van der Waals surface area contributed by atoms with Gasteiger partial charge in [0.25, 0.3) is 0 Å². The summed E-state index contributed by atoms with van der Waals surface area (Å²) in [5.74, 6) is 0. The highest BCUT2D eigenvalue weighted by Crippen LogP contribution is 2.43. The number of aromatic nitrogens is 3. The van der Waals surface area contributed by atoms with Gasteiger partial charge in [-0.3, -0.25) is 0 Å². The molecule has 1 aliphatic heterocycles. The zero-order valence-electron chi connectivity index (χ0n) is 12.1. The first-order valence-electron chi connectivity index (χ1n) is 8.11. The van der Waals surface area contributed by atoms with E-state index in [1.54, 1.807) is 0 Å². The smallest absolute Gasteiger partial charge is 0.0965 e. The molecule has 1 spiro atoms. The van der Waals surface area contributed by atoms with Crippen LogP contribution in [0.1, 0.15) is 63.1 Å². The highest BCUT2D eigenvalue weighted by Gasteiger charge is 2.40. The van der Waals surface area contributed by atoms with Crippen molar-refractivity contribution in [3.05, 3.63) is 11.9 Å². The maximum atomic E-state index is 6.10. The molecule has 20 heavy (non-hydrogen) atoms. The Bertz CT molecular complexity index is 462. The van der Waals surface area contributed by atoms with Gasteiger partial charge in [0.15, 0.2) is 0 Å². The molecule has 4 rings (SSSR count). The average molecular weight is 276 g/mol. The highest BCUT2D eigenvalue weighted by molar-refractivity contribution is 4.98. The van der Waals surface area contributed by atoms with Gasteiger partial charge in [0.1, 0.15) is 0 Å². The van der Waals surface area contributed by atoms with Gasteiger partial charge in [-0.25, -0.2) is 4.68 Å². The summed E-state index contributed by atoms with van der Waals surface area (Å²) in [5, 5.41) is 12.2. The first-order valence-corrected chi connectivity index (χ1v) is 8.11. The highest BCUT2D eigenvalue weighted by atomic mass is 16.5. The van der Waals surface area contributed by atoms with E-state index in [0.717, 1.165) is 37.7 Å². The topological polar surface area (TPSA) is 52.0 Å². The zero-order valence-corrected chi connectivity index (χ0v) is 12.1. The Morgan fingerprint density at radius 1 is 1.30 bits per heavy atom. The molecule has 0 radical (unpaired) electrons. The van der Waals surface area contributed by atoms with Crippen molar-refractivity contribution in [2.75, 3.05) is 6.61 Å². The van der Waals surface area contributed by atoms with Gasteiger partial charge in [-0.15, -0.1) is 5.10 Å². The fourth-order valence-electron chi connectivity index (χ4n) is 3.70. The summed E-state index contributed by atoms with van der Waals surface area (Å²) >= 11 is 0. The fraction of sp³-hybridized carbons (Fsp3) is 0.867. The van der Waals surface area contributed by atoms with Gasteiger partial charge in [0.2, 0.25) is 0 Å². The van der Waals surface area contributed by atoms with Crippen LogP contribution in [0, 0.1) is 0 Å². The van der Waals surface area contributed by atoms with Gasteiger partial charge in [0, 0.05) is 19.2 Å². The van der Waals surface area contributed by atoms with E-state index in [2.05, 4.69) is 26.5 Å². The molecular formula is C15H24N4O. The number of nitrogens with zero attached hydrogens (tertiary/aromatic N) is 3. The lowest BCUT2D eigenvalue weighted by Gasteiger charge is -2.38. The summed E-state index contributed by atoms with van der Waals surface area (Å²) in [6.07, 6.45) is 12.1. The number of hydrogen-bond donors (Lipinski definition) is 1. The normalized spacial score (nSPS) is 29.1. The second kappa shape index (κ2) is 5.11. The van der Waals surface area contributed by atoms with Crippen LogP contribution in [0.3, 0.4) is 0 Å². The lowest BCUT2D eigenvalue weighted by molar-refractivity contribution is -0.0911. The summed E-state index contributed by atoms with van der Waals surface area (Å²) in [5.41, 5.74) is 1.23. The van der Waals surface area contributed by atoms with Crippen molar-refractivity contribution >= 4 is 0 Å².